The molecule has 0 amide bonds. The van der Waals surface area contributed by atoms with E-state index in [2.05, 4.69) is 19.9 Å². The zero-order valence-electron chi connectivity index (χ0n) is 9.95. The van der Waals surface area contributed by atoms with E-state index in [1.54, 1.807) is 18.5 Å². The predicted octanol–water partition coefficient (Wildman–Crippen LogP) is 2.81. The molecule has 0 aliphatic rings. The third-order valence-electron chi connectivity index (χ3n) is 2.49. The summed E-state index contributed by atoms with van der Waals surface area (Å²) in [5.41, 5.74) is 1.16. The van der Waals surface area contributed by atoms with Crippen molar-refractivity contribution in [3.05, 3.63) is 42.0 Å². The van der Waals surface area contributed by atoms with Gasteiger partial charge in [-0.15, -0.1) is 0 Å². The number of pyridine rings is 1. The molecule has 0 spiro atoms. The molecule has 0 saturated carbocycles. The minimum atomic E-state index is -0.348. The largest absolute Gasteiger partial charge is 0.464 e. The van der Waals surface area contributed by atoms with Crippen molar-refractivity contribution in [1.82, 2.24) is 19.9 Å². The third kappa shape index (κ3) is 2.34. The summed E-state index contributed by atoms with van der Waals surface area (Å²) in [4.78, 5) is 16.4. The Morgan fingerprint density at radius 2 is 2.16 bits per heavy atom. The molecule has 1 atom stereocenters. The van der Waals surface area contributed by atoms with E-state index in [-0.39, 0.29) is 6.10 Å². The fourth-order valence-corrected chi connectivity index (χ4v) is 1.82. The summed E-state index contributed by atoms with van der Waals surface area (Å²) in [6.45, 7) is 1.82. The summed E-state index contributed by atoms with van der Waals surface area (Å²) in [6.07, 6.45) is 5.77. The Kier molecular flexibility index (Phi) is 3.00. The number of fused-ring (bicyclic) bond motifs is 1. The van der Waals surface area contributed by atoms with E-state index >= 15 is 0 Å². The fraction of sp³-hybridized carbons (Fsp3) is 0.167. The van der Waals surface area contributed by atoms with Crippen LogP contribution in [0.5, 0.6) is 5.88 Å². The molecule has 0 aliphatic carbocycles. The molecular formula is C12H9ClN4O2. The highest BCUT2D eigenvalue weighted by Gasteiger charge is 2.13. The molecule has 3 aromatic rings. The zero-order valence-corrected chi connectivity index (χ0v) is 10.7. The number of nitrogens with zero attached hydrogens (tertiary/aromatic N) is 4. The van der Waals surface area contributed by atoms with Crippen LogP contribution in [0.15, 0.2) is 35.3 Å². The van der Waals surface area contributed by atoms with Crippen LogP contribution in [0.1, 0.15) is 18.9 Å². The number of oxazole rings is 1. The zero-order chi connectivity index (χ0) is 13.2. The van der Waals surface area contributed by atoms with Crippen molar-refractivity contribution < 1.29 is 9.15 Å². The van der Waals surface area contributed by atoms with Crippen LogP contribution >= 0.6 is 11.6 Å². The Morgan fingerprint density at radius 1 is 1.26 bits per heavy atom. The van der Waals surface area contributed by atoms with Crippen LogP contribution in [-0.4, -0.2) is 19.9 Å². The molecule has 7 heteroatoms. The van der Waals surface area contributed by atoms with Gasteiger partial charge in [0.15, 0.2) is 11.3 Å². The SMILES string of the molecule is CC(Oc1cnc2c(Cl)nccc2n1)c1ncco1. The summed E-state index contributed by atoms with van der Waals surface area (Å²) < 4.78 is 10.8. The van der Waals surface area contributed by atoms with Crippen molar-refractivity contribution in [3.8, 4) is 5.88 Å². The molecule has 1 unspecified atom stereocenters. The maximum Gasteiger partial charge on any atom is 0.235 e. The lowest BCUT2D eigenvalue weighted by atomic mass is 10.4. The summed E-state index contributed by atoms with van der Waals surface area (Å²) in [5, 5.41) is 0.317. The average Bonchev–Trinajstić information content (AvgIpc) is 2.93. The standard InChI is InChI=1S/C12H9ClN4O2/c1-7(12-15-4-5-18-12)19-9-6-16-10-8(17-9)2-3-14-11(10)13/h2-7H,1H3. The van der Waals surface area contributed by atoms with Crippen molar-refractivity contribution in [2.45, 2.75) is 13.0 Å². The average molecular weight is 277 g/mol. The first-order chi connectivity index (χ1) is 9.24. The van der Waals surface area contributed by atoms with Crippen molar-refractivity contribution >= 4 is 22.6 Å². The van der Waals surface area contributed by atoms with Gasteiger partial charge in [0.2, 0.25) is 11.8 Å². The van der Waals surface area contributed by atoms with Crippen LogP contribution in [0.25, 0.3) is 11.0 Å². The van der Waals surface area contributed by atoms with Gasteiger partial charge in [-0.2, -0.15) is 0 Å². The van der Waals surface area contributed by atoms with Gasteiger partial charge in [-0.1, -0.05) is 11.6 Å². The number of rotatable bonds is 3. The molecular weight excluding hydrogens is 268 g/mol. The lowest BCUT2D eigenvalue weighted by Crippen LogP contribution is -2.05. The highest BCUT2D eigenvalue weighted by molar-refractivity contribution is 6.33. The van der Waals surface area contributed by atoms with E-state index in [1.807, 2.05) is 6.92 Å². The molecule has 96 valence electrons. The first-order valence-corrected chi connectivity index (χ1v) is 5.95. The van der Waals surface area contributed by atoms with Gasteiger partial charge >= 0.3 is 0 Å². The molecule has 3 aromatic heterocycles. The number of ether oxygens (including phenoxy) is 1. The molecule has 0 bridgehead atoms. The lowest BCUT2D eigenvalue weighted by Gasteiger charge is -2.10. The van der Waals surface area contributed by atoms with Gasteiger partial charge in [0.25, 0.3) is 0 Å². The van der Waals surface area contributed by atoms with Crippen LogP contribution in [-0.2, 0) is 0 Å². The molecule has 3 rings (SSSR count). The normalized spacial score (nSPS) is 12.5. The number of halogens is 1. The smallest absolute Gasteiger partial charge is 0.235 e. The van der Waals surface area contributed by atoms with Crippen LogP contribution in [0.2, 0.25) is 5.15 Å². The van der Waals surface area contributed by atoms with Gasteiger partial charge in [-0.25, -0.2) is 19.9 Å². The van der Waals surface area contributed by atoms with Gasteiger partial charge in [-0.3, -0.25) is 0 Å². The van der Waals surface area contributed by atoms with Crippen LogP contribution in [0.4, 0.5) is 0 Å². The van der Waals surface area contributed by atoms with E-state index < -0.39 is 0 Å². The van der Waals surface area contributed by atoms with Crippen molar-refractivity contribution in [2.24, 2.45) is 0 Å². The molecule has 0 aliphatic heterocycles. The van der Waals surface area contributed by atoms with Crippen LogP contribution < -0.4 is 4.74 Å². The molecule has 0 N–H and O–H groups in total. The minimum absolute atomic E-state index is 0.317. The van der Waals surface area contributed by atoms with E-state index in [4.69, 9.17) is 20.8 Å². The predicted molar refractivity (Wildman–Crippen MR) is 67.9 cm³/mol. The summed E-state index contributed by atoms with van der Waals surface area (Å²) >= 11 is 5.92. The van der Waals surface area contributed by atoms with E-state index in [0.29, 0.717) is 28.0 Å². The van der Waals surface area contributed by atoms with Crippen LogP contribution in [0.3, 0.4) is 0 Å². The summed E-state index contributed by atoms with van der Waals surface area (Å²) in [7, 11) is 0. The van der Waals surface area contributed by atoms with E-state index in [9.17, 15) is 0 Å². The van der Waals surface area contributed by atoms with Gasteiger partial charge in [-0.05, 0) is 13.0 Å². The fourth-order valence-electron chi connectivity index (χ4n) is 1.62. The highest BCUT2D eigenvalue weighted by atomic mass is 35.5. The molecule has 0 saturated heterocycles. The monoisotopic (exact) mass is 276 g/mol. The second-order valence-electron chi connectivity index (χ2n) is 3.81. The van der Waals surface area contributed by atoms with E-state index in [1.165, 1.54) is 12.5 Å². The molecule has 19 heavy (non-hydrogen) atoms. The minimum Gasteiger partial charge on any atom is -0.464 e. The molecule has 0 fully saturated rings. The molecule has 0 radical (unpaired) electrons. The second kappa shape index (κ2) is 4.81. The van der Waals surface area contributed by atoms with Gasteiger partial charge in [0.1, 0.15) is 11.8 Å². The molecule has 3 heterocycles. The van der Waals surface area contributed by atoms with Crippen molar-refractivity contribution in [3.63, 3.8) is 0 Å². The number of aromatic nitrogens is 4. The first-order valence-electron chi connectivity index (χ1n) is 5.57. The maximum absolute atomic E-state index is 5.92. The second-order valence-corrected chi connectivity index (χ2v) is 4.17. The molecule has 6 nitrogen and oxygen atoms in total. The third-order valence-corrected chi connectivity index (χ3v) is 2.77. The Balaban J connectivity index is 1.90. The Hall–Kier alpha value is -2.21. The van der Waals surface area contributed by atoms with Gasteiger partial charge in [0, 0.05) is 6.20 Å². The Morgan fingerprint density at radius 3 is 2.95 bits per heavy atom. The topological polar surface area (TPSA) is 73.9 Å². The number of hydrogen-bond acceptors (Lipinski definition) is 6. The lowest BCUT2D eigenvalue weighted by molar-refractivity contribution is 0.181. The molecule has 0 aromatic carbocycles. The summed E-state index contributed by atoms with van der Waals surface area (Å²) in [5.74, 6) is 0.857. The van der Waals surface area contributed by atoms with E-state index in [0.717, 1.165) is 0 Å². The number of hydrogen-bond donors (Lipinski definition) is 0. The highest BCUT2D eigenvalue weighted by Crippen LogP contribution is 2.22. The van der Waals surface area contributed by atoms with Crippen LogP contribution in [0, 0.1) is 0 Å². The van der Waals surface area contributed by atoms with Crippen molar-refractivity contribution in [2.75, 3.05) is 0 Å². The summed E-state index contributed by atoms with van der Waals surface area (Å²) in [6, 6.07) is 1.72. The van der Waals surface area contributed by atoms with Gasteiger partial charge in [0.05, 0.1) is 17.9 Å². The first kappa shape index (κ1) is 11.9. The van der Waals surface area contributed by atoms with Gasteiger partial charge < -0.3 is 9.15 Å². The maximum atomic E-state index is 5.92. The van der Waals surface area contributed by atoms with Crippen molar-refractivity contribution in [1.29, 1.82) is 0 Å². The quantitative estimate of drug-likeness (QED) is 0.685. The Bertz CT molecular complexity index is 702. The Labute approximate surface area is 113 Å².